The Morgan fingerprint density at radius 3 is 2.51 bits per heavy atom. The van der Waals surface area contributed by atoms with Crippen LogP contribution in [0.5, 0.6) is 5.75 Å². The summed E-state index contributed by atoms with van der Waals surface area (Å²) < 4.78 is 7.41. The van der Waals surface area contributed by atoms with E-state index in [0.717, 1.165) is 42.5 Å². The molecular weight excluding hydrogens is 512 g/mol. The fourth-order valence-corrected chi connectivity index (χ4v) is 6.47. The molecule has 3 aromatic rings. The van der Waals surface area contributed by atoms with Crippen LogP contribution in [0.1, 0.15) is 49.7 Å². The first-order valence-corrected chi connectivity index (χ1v) is 14.3. The van der Waals surface area contributed by atoms with Gasteiger partial charge in [0.15, 0.2) is 0 Å². The zero-order valence-electron chi connectivity index (χ0n) is 23.4. The molecule has 1 fully saturated rings. The number of nitrogens with one attached hydrogen (secondary N) is 1. The predicted octanol–water partition coefficient (Wildman–Crippen LogP) is 5.20. The Bertz CT molecular complexity index is 1340. The third kappa shape index (κ3) is 5.66. The Morgan fingerprint density at radius 2 is 1.82 bits per heavy atom. The van der Waals surface area contributed by atoms with E-state index in [4.69, 9.17) is 16.3 Å². The minimum absolute atomic E-state index is 0.138. The quantitative estimate of drug-likeness (QED) is 0.391. The number of aromatic nitrogens is 1. The topological polar surface area (TPSA) is 66.8 Å². The number of rotatable bonds is 8. The van der Waals surface area contributed by atoms with Crippen LogP contribution >= 0.6 is 11.6 Å². The van der Waals surface area contributed by atoms with Gasteiger partial charge in [0.25, 0.3) is 5.91 Å². The summed E-state index contributed by atoms with van der Waals surface area (Å²) in [5.74, 6) is 1.83. The van der Waals surface area contributed by atoms with Crippen LogP contribution in [0, 0.1) is 11.8 Å². The lowest BCUT2D eigenvalue weighted by Gasteiger charge is -2.44. The molecular formula is C31H39ClN4O3. The van der Waals surface area contributed by atoms with E-state index < -0.39 is 5.54 Å². The highest BCUT2D eigenvalue weighted by Crippen LogP contribution is 2.35. The number of hydrogen-bond acceptors (Lipinski definition) is 4. The first-order valence-electron chi connectivity index (χ1n) is 13.9. The number of likely N-dealkylation sites (tertiary alicyclic amines) is 1. The number of benzene rings is 2. The number of carbonyl (C=O) groups excluding carboxylic acids is 2. The average Bonchev–Trinajstić information content (AvgIpc) is 3.27. The molecule has 8 heteroatoms. The van der Waals surface area contributed by atoms with Gasteiger partial charge in [-0.15, -0.1) is 0 Å². The Balaban J connectivity index is 1.38. The lowest BCUT2D eigenvalue weighted by atomic mass is 9.92. The molecule has 1 aromatic heterocycles. The van der Waals surface area contributed by atoms with Crippen molar-refractivity contribution in [3.05, 3.63) is 64.8 Å². The molecule has 2 aromatic carbocycles. The van der Waals surface area contributed by atoms with Gasteiger partial charge in [-0.25, -0.2) is 0 Å². The predicted molar refractivity (Wildman–Crippen MR) is 155 cm³/mol. The summed E-state index contributed by atoms with van der Waals surface area (Å²) in [6.45, 7) is 10.9. The molecule has 0 saturated carbocycles. The van der Waals surface area contributed by atoms with E-state index in [1.54, 1.807) is 12.0 Å². The highest BCUT2D eigenvalue weighted by atomic mass is 35.5. The molecule has 5 rings (SSSR count). The van der Waals surface area contributed by atoms with Crippen LogP contribution in [-0.4, -0.2) is 65.0 Å². The van der Waals surface area contributed by atoms with Crippen LogP contribution in [0.25, 0.3) is 10.9 Å². The molecule has 2 aliphatic rings. The van der Waals surface area contributed by atoms with E-state index in [1.165, 1.54) is 6.42 Å². The number of piperidine rings is 1. The molecule has 7 nitrogen and oxygen atoms in total. The number of methoxy groups -OCH3 is 1. The summed E-state index contributed by atoms with van der Waals surface area (Å²) in [4.78, 5) is 32.1. The van der Waals surface area contributed by atoms with E-state index in [1.807, 2.05) is 60.0 Å². The molecule has 3 heterocycles. The number of fused-ring (bicyclic) bond motifs is 3. The molecule has 0 radical (unpaired) electrons. The van der Waals surface area contributed by atoms with E-state index in [-0.39, 0.29) is 11.8 Å². The molecule has 1 N–H and O–H groups in total. The van der Waals surface area contributed by atoms with Gasteiger partial charge in [-0.1, -0.05) is 37.6 Å². The number of hydrogen-bond donors (Lipinski definition) is 1. The SMILES string of the molecule is COc1ccc2cc3n(c2c1)C[C@@](C)(C(=O)NCCCN1C[C@H](C)C[C@H](C)C1)N(Cc1ccc(Cl)cc1)C3=O. The van der Waals surface area contributed by atoms with Crippen molar-refractivity contribution < 1.29 is 14.3 Å². The third-order valence-corrected chi connectivity index (χ3v) is 8.51. The minimum Gasteiger partial charge on any atom is -0.497 e. The summed E-state index contributed by atoms with van der Waals surface area (Å²) >= 11 is 6.11. The van der Waals surface area contributed by atoms with Gasteiger partial charge in [-0.2, -0.15) is 0 Å². The van der Waals surface area contributed by atoms with Crippen molar-refractivity contribution in [1.82, 2.24) is 19.7 Å². The molecule has 208 valence electrons. The summed E-state index contributed by atoms with van der Waals surface area (Å²) in [6, 6.07) is 15.1. The van der Waals surface area contributed by atoms with Crippen molar-refractivity contribution in [1.29, 1.82) is 0 Å². The maximum absolute atomic E-state index is 14.0. The summed E-state index contributed by atoms with van der Waals surface area (Å²) in [6.07, 6.45) is 2.16. The molecule has 1 saturated heterocycles. The number of carbonyl (C=O) groups is 2. The van der Waals surface area contributed by atoms with Gasteiger partial charge >= 0.3 is 0 Å². The van der Waals surface area contributed by atoms with Crippen LogP contribution in [0.4, 0.5) is 0 Å². The second-order valence-corrected chi connectivity index (χ2v) is 12.1. The molecule has 2 aliphatic heterocycles. The minimum atomic E-state index is -1.08. The molecule has 2 amide bonds. The molecule has 0 spiro atoms. The Labute approximate surface area is 236 Å². The highest BCUT2D eigenvalue weighted by molar-refractivity contribution is 6.30. The smallest absolute Gasteiger partial charge is 0.271 e. The second-order valence-electron chi connectivity index (χ2n) is 11.6. The Kier molecular flexibility index (Phi) is 7.92. The van der Waals surface area contributed by atoms with Gasteiger partial charge in [0.05, 0.1) is 19.2 Å². The standard InChI is InChI=1S/C31H39ClN4O3/c1-21-14-22(2)18-34(17-21)13-5-12-33-30(38)31(3)20-35-27-16-26(39-4)11-8-24(27)15-28(35)29(37)36(31)19-23-6-9-25(32)10-7-23/h6-11,15-16,21-22H,5,12-14,17-20H2,1-4H3,(H,33,38)/t21-,22+,31-/m0/s1. The molecule has 0 aliphatic carbocycles. The fourth-order valence-electron chi connectivity index (χ4n) is 6.35. The van der Waals surface area contributed by atoms with E-state index in [2.05, 4.69) is 24.1 Å². The van der Waals surface area contributed by atoms with Crippen molar-refractivity contribution in [2.24, 2.45) is 11.8 Å². The molecule has 39 heavy (non-hydrogen) atoms. The summed E-state index contributed by atoms with van der Waals surface area (Å²) in [5, 5.41) is 4.75. The van der Waals surface area contributed by atoms with Gasteiger partial charge in [0.2, 0.25) is 5.91 Å². The third-order valence-electron chi connectivity index (χ3n) is 8.26. The van der Waals surface area contributed by atoms with Crippen LogP contribution in [0.15, 0.2) is 48.5 Å². The van der Waals surface area contributed by atoms with E-state index in [9.17, 15) is 9.59 Å². The molecule has 0 unspecified atom stereocenters. The van der Waals surface area contributed by atoms with Crippen LogP contribution in [0.3, 0.4) is 0 Å². The Hall–Kier alpha value is -3.03. The van der Waals surface area contributed by atoms with E-state index >= 15 is 0 Å². The number of nitrogens with zero attached hydrogens (tertiary/aromatic N) is 3. The number of halogens is 1. The maximum Gasteiger partial charge on any atom is 0.271 e. The van der Waals surface area contributed by atoms with Crippen molar-refractivity contribution >= 4 is 34.3 Å². The normalized spacial score (nSPS) is 23.6. The fraction of sp³-hybridized carbons (Fsp3) is 0.484. The number of amides is 2. The van der Waals surface area contributed by atoms with Crippen LogP contribution in [-0.2, 0) is 17.9 Å². The molecule has 3 atom stereocenters. The van der Waals surface area contributed by atoms with Gasteiger partial charge in [0, 0.05) is 42.7 Å². The largest absolute Gasteiger partial charge is 0.497 e. The first-order chi connectivity index (χ1) is 18.7. The second kappa shape index (κ2) is 11.2. The summed E-state index contributed by atoms with van der Waals surface area (Å²) in [5.41, 5.74) is 1.31. The van der Waals surface area contributed by atoms with Crippen molar-refractivity contribution in [2.45, 2.75) is 52.2 Å². The highest BCUT2D eigenvalue weighted by Gasteiger charge is 2.47. The molecule has 0 bridgehead atoms. The maximum atomic E-state index is 14.0. The van der Waals surface area contributed by atoms with Crippen molar-refractivity contribution in [2.75, 3.05) is 33.3 Å². The van der Waals surface area contributed by atoms with Crippen molar-refractivity contribution in [3.63, 3.8) is 0 Å². The first kappa shape index (κ1) is 27.5. The Morgan fingerprint density at radius 1 is 1.10 bits per heavy atom. The summed E-state index contributed by atoms with van der Waals surface area (Å²) in [7, 11) is 1.63. The van der Waals surface area contributed by atoms with Crippen LogP contribution < -0.4 is 10.1 Å². The zero-order chi connectivity index (χ0) is 27.7. The van der Waals surface area contributed by atoms with E-state index in [0.29, 0.717) is 47.9 Å². The van der Waals surface area contributed by atoms with Crippen LogP contribution in [0.2, 0.25) is 5.02 Å². The lowest BCUT2D eigenvalue weighted by Crippen LogP contribution is -2.63. The van der Waals surface area contributed by atoms with Gasteiger partial charge in [-0.05, 0) is 74.0 Å². The van der Waals surface area contributed by atoms with Gasteiger partial charge < -0.3 is 24.4 Å². The average molecular weight is 551 g/mol. The zero-order valence-corrected chi connectivity index (χ0v) is 24.1. The lowest BCUT2D eigenvalue weighted by molar-refractivity contribution is -0.133. The van der Waals surface area contributed by atoms with Gasteiger partial charge in [0.1, 0.15) is 17.0 Å². The number of ether oxygens (including phenoxy) is 1. The van der Waals surface area contributed by atoms with Crippen molar-refractivity contribution in [3.8, 4) is 5.75 Å². The van der Waals surface area contributed by atoms with Gasteiger partial charge in [-0.3, -0.25) is 9.59 Å². The monoisotopic (exact) mass is 550 g/mol.